The van der Waals surface area contributed by atoms with Crippen LogP contribution in [0.3, 0.4) is 0 Å². The van der Waals surface area contributed by atoms with Crippen LogP contribution in [0.5, 0.6) is 0 Å². The first-order chi connectivity index (χ1) is 8.75. The Labute approximate surface area is 105 Å². The molecule has 1 nitrogen and oxygen atoms in total. The van der Waals surface area contributed by atoms with Gasteiger partial charge in [0.2, 0.25) is 0 Å². The average molecular weight is 239 g/mol. The van der Waals surface area contributed by atoms with Crippen LogP contribution in [0.15, 0.2) is 60.8 Å². The smallest absolute Gasteiger partial charge is 0.123 e. The summed E-state index contributed by atoms with van der Waals surface area (Å²) < 4.78 is 15.3. The highest BCUT2D eigenvalue weighted by molar-refractivity contribution is 5.80. The summed E-state index contributed by atoms with van der Waals surface area (Å²) in [6.45, 7) is 2.15. The van der Waals surface area contributed by atoms with Crippen LogP contribution in [0.2, 0.25) is 0 Å². The van der Waals surface area contributed by atoms with E-state index in [1.807, 2.05) is 36.5 Å². The molecule has 0 aliphatic carbocycles. The van der Waals surface area contributed by atoms with Crippen LogP contribution >= 0.6 is 0 Å². The lowest BCUT2D eigenvalue weighted by atomic mass is 10.1. The van der Waals surface area contributed by atoms with Gasteiger partial charge in [-0.05, 0) is 36.8 Å². The number of halogens is 1. The highest BCUT2D eigenvalue weighted by Crippen LogP contribution is 2.25. The van der Waals surface area contributed by atoms with E-state index in [-0.39, 0.29) is 11.9 Å². The summed E-state index contributed by atoms with van der Waals surface area (Å²) in [5.41, 5.74) is 2.31. The molecule has 3 aromatic rings. The van der Waals surface area contributed by atoms with Gasteiger partial charge in [-0.2, -0.15) is 0 Å². The predicted molar refractivity (Wildman–Crippen MR) is 72.2 cm³/mol. The van der Waals surface area contributed by atoms with Gasteiger partial charge in [0.1, 0.15) is 5.82 Å². The molecule has 2 heteroatoms. The Hall–Kier alpha value is -2.09. The second-order valence-corrected chi connectivity index (χ2v) is 4.51. The summed E-state index contributed by atoms with van der Waals surface area (Å²) in [6, 6.07) is 17.4. The molecule has 0 fully saturated rings. The predicted octanol–water partition coefficient (Wildman–Crippen LogP) is 4.39. The minimum Gasteiger partial charge on any atom is -0.340 e. The summed E-state index contributed by atoms with van der Waals surface area (Å²) in [6.07, 6.45) is 2.02. The van der Waals surface area contributed by atoms with Gasteiger partial charge in [-0.15, -0.1) is 0 Å². The van der Waals surface area contributed by atoms with Crippen LogP contribution in [0.25, 0.3) is 10.9 Å². The highest BCUT2D eigenvalue weighted by atomic mass is 19.1. The third kappa shape index (κ3) is 1.80. The maximum absolute atomic E-state index is 13.2. The fraction of sp³-hybridized carbons (Fsp3) is 0.125. The van der Waals surface area contributed by atoms with Gasteiger partial charge >= 0.3 is 0 Å². The van der Waals surface area contributed by atoms with E-state index >= 15 is 0 Å². The van der Waals surface area contributed by atoms with Crippen LogP contribution in [0, 0.1) is 5.82 Å². The maximum atomic E-state index is 13.2. The largest absolute Gasteiger partial charge is 0.340 e. The van der Waals surface area contributed by atoms with Crippen molar-refractivity contribution in [3.05, 3.63) is 72.2 Å². The zero-order valence-corrected chi connectivity index (χ0v) is 10.2. The standard InChI is InChI=1S/C16H14FN/c1-12(13-5-3-2-4-6-13)18-10-9-14-11-15(17)7-8-16(14)18/h2-12H,1H3. The second kappa shape index (κ2) is 4.30. The highest BCUT2D eigenvalue weighted by Gasteiger charge is 2.10. The lowest BCUT2D eigenvalue weighted by Gasteiger charge is -2.15. The van der Waals surface area contributed by atoms with Crippen molar-refractivity contribution < 1.29 is 4.39 Å². The number of rotatable bonds is 2. The number of hydrogen-bond donors (Lipinski definition) is 0. The molecule has 3 rings (SSSR count). The lowest BCUT2D eigenvalue weighted by molar-refractivity contribution is 0.628. The molecule has 0 radical (unpaired) electrons. The molecule has 18 heavy (non-hydrogen) atoms. The Morgan fingerprint density at radius 3 is 2.56 bits per heavy atom. The quantitative estimate of drug-likeness (QED) is 0.625. The average Bonchev–Trinajstić information content (AvgIpc) is 2.81. The molecule has 1 aromatic heterocycles. The monoisotopic (exact) mass is 239 g/mol. The SMILES string of the molecule is CC(c1ccccc1)n1ccc2cc(F)ccc21. The molecular formula is C16H14FN. The Balaban J connectivity index is 2.10. The number of fused-ring (bicyclic) bond motifs is 1. The van der Waals surface area contributed by atoms with E-state index in [9.17, 15) is 4.39 Å². The van der Waals surface area contributed by atoms with Crippen molar-refractivity contribution in [2.45, 2.75) is 13.0 Å². The number of nitrogens with zero attached hydrogens (tertiary/aromatic N) is 1. The summed E-state index contributed by atoms with van der Waals surface area (Å²) in [5.74, 6) is -0.187. The third-order valence-corrected chi connectivity index (χ3v) is 3.38. The molecule has 1 unspecified atom stereocenters. The van der Waals surface area contributed by atoms with Crippen molar-refractivity contribution in [3.8, 4) is 0 Å². The number of hydrogen-bond acceptors (Lipinski definition) is 0. The fourth-order valence-corrected chi connectivity index (χ4v) is 2.36. The van der Waals surface area contributed by atoms with Gasteiger partial charge in [0, 0.05) is 17.1 Å². The van der Waals surface area contributed by atoms with Gasteiger partial charge in [0.25, 0.3) is 0 Å². The van der Waals surface area contributed by atoms with Gasteiger partial charge < -0.3 is 4.57 Å². The van der Waals surface area contributed by atoms with Crippen LogP contribution in [0.1, 0.15) is 18.5 Å². The molecule has 0 aliphatic heterocycles. The molecular weight excluding hydrogens is 225 g/mol. The first-order valence-corrected chi connectivity index (χ1v) is 6.07. The first kappa shape index (κ1) is 11.0. The van der Waals surface area contributed by atoms with Gasteiger partial charge in [-0.25, -0.2) is 4.39 Å². The molecule has 1 atom stereocenters. The van der Waals surface area contributed by atoms with E-state index < -0.39 is 0 Å². The van der Waals surface area contributed by atoms with Gasteiger partial charge in [0.05, 0.1) is 6.04 Å². The molecule has 0 N–H and O–H groups in total. The van der Waals surface area contributed by atoms with Crippen molar-refractivity contribution in [3.63, 3.8) is 0 Å². The van der Waals surface area contributed by atoms with Crippen molar-refractivity contribution in [1.82, 2.24) is 4.57 Å². The van der Waals surface area contributed by atoms with E-state index in [1.54, 1.807) is 6.07 Å². The second-order valence-electron chi connectivity index (χ2n) is 4.51. The molecule has 1 heterocycles. The number of aromatic nitrogens is 1. The molecule has 0 spiro atoms. The Bertz CT molecular complexity index is 670. The third-order valence-electron chi connectivity index (χ3n) is 3.38. The fourth-order valence-electron chi connectivity index (χ4n) is 2.36. The van der Waals surface area contributed by atoms with Gasteiger partial charge in [-0.3, -0.25) is 0 Å². The van der Waals surface area contributed by atoms with Crippen LogP contribution in [0.4, 0.5) is 4.39 Å². The van der Waals surface area contributed by atoms with E-state index in [4.69, 9.17) is 0 Å². The Morgan fingerprint density at radius 2 is 1.78 bits per heavy atom. The molecule has 0 aliphatic rings. The van der Waals surface area contributed by atoms with Gasteiger partial charge in [0.15, 0.2) is 0 Å². The minimum atomic E-state index is -0.187. The minimum absolute atomic E-state index is 0.187. The number of benzene rings is 2. The van der Waals surface area contributed by atoms with Gasteiger partial charge in [-0.1, -0.05) is 30.3 Å². The van der Waals surface area contributed by atoms with Crippen LogP contribution < -0.4 is 0 Å². The molecule has 90 valence electrons. The topological polar surface area (TPSA) is 4.93 Å². The molecule has 2 aromatic carbocycles. The van der Waals surface area contributed by atoms with E-state index in [1.165, 1.54) is 11.6 Å². The maximum Gasteiger partial charge on any atom is 0.123 e. The summed E-state index contributed by atoms with van der Waals surface area (Å²) in [4.78, 5) is 0. The molecule has 0 bridgehead atoms. The van der Waals surface area contributed by atoms with Crippen LogP contribution in [-0.2, 0) is 0 Å². The summed E-state index contributed by atoms with van der Waals surface area (Å²) in [5, 5.41) is 0.942. The lowest BCUT2D eigenvalue weighted by Crippen LogP contribution is -2.04. The molecule has 0 amide bonds. The van der Waals surface area contributed by atoms with Crippen molar-refractivity contribution in [2.24, 2.45) is 0 Å². The summed E-state index contributed by atoms with van der Waals surface area (Å²) >= 11 is 0. The molecule has 0 saturated carbocycles. The van der Waals surface area contributed by atoms with E-state index in [2.05, 4.69) is 23.6 Å². The Morgan fingerprint density at radius 1 is 1.00 bits per heavy atom. The normalized spacial score (nSPS) is 12.8. The molecule has 0 saturated heterocycles. The summed E-state index contributed by atoms with van der Waals surface area (Å²) in [7, 11) is 0. The van der Waals surface area contributed by atoms with Crippen molar-refractivity contribution >= 4 is 10.9 Å². The van der Waals surface area contributed by atoms with E-state index in [0.717, 1.165) is 10.9 Å². The van der Waals surface area contributed by atoms with Crippen LogP contribution in [-0.4, -0.2) is 4.57 Å². The van der Waals surface area contributed by atoms with Crippen molar-refractivity contribution in [2.75, 3.05) is 0 Å². The zero-order valence-electron chi connectivity index (χ0n) is 10.2. The Kier molecular flexibility index (Phi) is 2.63. The van der Waals surface area contributed by atoms with Crippen molar-refractivity contribution in [1.29, 1.82) is 0 Å². The van der Waals surface area contributed by atoms with E-state index in [0.29, 0.717) is 0 Å². The first-order valence-electron chi connectivity index (χ1n) is 6.07. The zero-order chi connectivity index (χ0) is 12.5.